The van der Waals surface area contributed by atoms with Gasteiger partial charge in [0.15, 0.2) is 4.77 Å². The lowest BCUT2D eigenvalue weighted by Gasteiger charge is -2.36. The average molecular weight is 275 g/mol. The topological polar surface area (TPSA) is 40.1 Å². The highest BCUT2D eigenvalue weighted by Crippen LogP contribution is 2.18. The molecule has 1 fully saturated rings. The number of hydrogen-bond donors (Lipinski definition) is 1. The Kier molecular flexibility index (Phi) is 3.25. The molecular weight excluding hydrogens is 258 g/mol. The zero-order valence-corrected chi connectivity index (χ0v) is 11.7. The molecule has 5 nitrogen and oxygen atoms in total. The molecule has 0 radical (unpaired) electrons. The Morgan fingerprint density at radius 1 is 1.05 bits per heavy atom. The van der Waals surface area contributed by atoms with Crippen LogP contribution >= 0.6 is 12.2 Å². The minimum Gasteiger partial charge on any atom is -0.368 e. The largest absolute Gasteiger partial charge is 0.368 e. The molecule has 2 aromatic rings. The fraction of sp³-hybridized carbons (Fsp3) is 0.385. The summed E-state index contributed by atoms with van der Waals surface area (Å²) < 4.78 is 2.59. The molecule has 100 valence electrons. The van der Waals surface area contributed by atoms with Crippen LogP contribution in [0.5, 0.6) is 0 Å². The number of anilines is 2. The molecule has 1 aliphatic rings. The van der Waals surface area contributed by atoms with Crippen LogP contribution in [0.15, 0.2) is 30.3 Å². The lowest BCUT2D eigenvalue weighted by atomic mass is 10.2. The van der Waals surface area contributed by atoms with E-state index in [0.717, 1.165) is 32.1 Å². The highest BCUT2D eigenvalue weighted by molar-refractivity contribution is 7.71. The van der Waals surface area contributed by atoms with Gasteiger partial charge < -0.3 is 9.80 Å². The molecule has 1 aromatic carbocycles. The van der Waals surface area contributed by atoms with Crippen molar-refractivity contribution >= 4 is 23.9 Å². The van der Waals surface area contributed by atoms with E-state index in [9.17, 15) is 0 Å². The van der Waals surface area contributed by atoms with Gasteiger partial charge in [-0.05, 0) is 24.4 Å². The molecule has 2 heterocycles. The van der Waals surface area contributed by atoms with Crippen molar-refractivity contribution in [2.75, 3.05) is 36.0 Å². The van der Waals surface area contributed by atoms with Crippen LogP contribution in [0.25, 0.3) is 0 Å². The summed E-state index contributed by atoms with van der Waals surface area (Å²) in [7, 11) is 1.95. The van der Waals surface area contributed by atoms with Gasteiger partial charge in [0.2, 0.25) is 5.95 Å². The third-order valence-electron chi connectivity index (χ3n) is 3.54. The molecule has 1 aliphatic heterocycles. The lowest BCUT2D eigenvalue weighted by molar-refractivity contribution is 0.629. The van der Waals surface area contributed by atoms with Crippen LogP contribution in [0.1, 0.15) is 0 Å². The van der Waals surface area contributed by atoms with Gasteiger partial charge in [-0.15, -0.1) is 5.10 Å². The summed E-state index contributed by atoms with van der Waals surface area (Å²) in [4.78, 5) is 4.67. The number of piperazine rings is 1. The number of hydrogen-bond acceptors (Lipinski definition) is 4. The van der Waals surface area contributed by atoms with Crippen LogP contribution in [-0.2, 0) is 7.05 Å². The van der Waals surface area contributed by atoms with Crippen LogP contribution in [0.4, 0.5) is 11.6 Å². The third-order valence-corrected chi connectivity index (χ3v) is 3.91. The second-order valence-electron chi connectivity index (χ2n) is 4.70. The van der Waals surface area contributed by atoms with Gasteiger partial charge in [0, 0.05) is 38.9 Å². The maximum atomic E-state index is 5.15. The number of aromatic amines is 1. The summed E-state index contributed by atoms with van der Waals surface area (Å²) in [6, 6.07) is 10.5. The first-order chi connectivity index (χ1) is 9.25. The maximum absolute atomic E-state index is 5.15. The summed E-state index contributed by atoms with van der Waals surface area (Å²) in [5.41, 5.74) is 1.29. The smallest absolute Gasteiger partial charge is 0.225 e. The second-order valence-corrected chi connectivity index (χ2v) is 5.08. The molecule has 0 saturated carbocycles. The second kappa shape index (κ2) is 5.05. The molecule has 1 N–H and O–H groups in total. The first kappa shape index (κ1) is 12.2. The summed E-state index contributed by atoms with van der Waals surface area (Å²) >= 11 is 5.15. The van der Waals surface area contributed by atoms with E-state index in [1.165, 1.54) is 5.69 Å². The Hall–Kier alpha value is -1.82. The number of nitrogens with one attached hydrogen (secondary N) is 1. The average Bonchev–Trinajstić information content (AvgIpc) is 2.80. The van der Waals surface area contributed by atoms with Gasteiger partial charge in [-0.3, -0.25) is 4.57 Å². The van der Waals surface area contributed by atoms with Crippen molar-refractivity contribution in [3.8, 4) is 0 Å². The van der Waals surface area contributed by atoms with E-state index in [4.69, 9.17) is 12.2 Å². The van der Waals surface area contributed by atoms with Crippen molar-refractivity contribution < 1.29 is 0 Å². The molecule has 0 atom stereocenters. The number of benzene rings is 1. The fourth-order valence-corrected chi connectivity index (χ4v) is 2.55. The van der Waals surface area contributed by atoms with E-state index in [2.05, 4.69) is 50.3 Å². The van der Waals surface area contributed by atoms with Crippen molar-refractivity contribution in [2.24, 2.45) is 7.05 Å². The van der Waals surface area contributed by atoms with Gasteiger partial charge in [0.25, 0.3) is 0 Å². The summed E-state index contributed by atoms with van der Waals surface area (Å²) in [5, 5.41) is 7.13. The first-order valence-electron chi connectivity index (χ1n) is 6.42. The van der Waals surface area contributed by atoms with E-state index in [1.54, 1.807) is 0 Å². The standard InChI is InChI=1S/C13H17N5S/c1-16-12(14-15-13(16)19)18-9-7-17(8-10-18)11-5-3-2-4-6-11/h2-6H,7-10H2,1H3,(H,15,19). The Bertz CT molecular complexity index is 595. The van der Waals surface area contributed by atoms with E-state index < -0.39 is 0 Å². The predicted molar refractivity (Wildman–Crippen MR) is 79.3 cm³/mol. The van der Waals surface area contributed by atoms with E-state index in [-0.39, 0.29) is 0 Å². The highest BCUT2D eigenvalue weighted by Gasteiger charge is 2.20. The highest BCUT2D eigenvalue weighted by atomic mass is 32.1. The van der Waals surface area contributed by atoms with E-state index in [0.29, 0.717) is 4.77 Å². The molecule has 0 spiro atoms. The van der Waals surface area contributed by atoms with Gasteiger partial charge in [0.1, 0.15) is 0 Å². The monoisotopic (exact) mass is 275 g/mol. The number of H-pyrrole nitrogens is 1. The van der Waals surface area contributed by atoms with Gasteiger partial charge in [-0.2, -0.15) is 0 Å². The zero-order valence-electron chi connectivity index (χ0n) is 10.9. The molecule has 1 aromatic heterocycles. The van der Waals surface area contributed by atoms with Crippen molar-refractivity contribution in [1.29, 1.82) is 0 Å². The zero-order chi connectivity index (χ0) is 13.2. The summed E-state index contributed by atoms with van der Waals surface area (Å²) in [6.45, 7) is 3.93. The molecule has 6 heteroatoms. The third kappa shape index (κ3) is 2.35. The molecule has 0 aliphatic carbocycles. The number of rotatable bonds is 2. The minimum absolute atomic E-state index is 0.667. The van der Waals surface area contributed by atoms with Crippen molar-refractivity contribution in [2.45, 2.75) is 0 Å². The van der Waals surface area contributed by atoms with Crippen LogP contribution in [-0.4, -0.2) is 40.9 Å². The van der Waals surface area contributed by atoms with Gasteiger partial charge >= 0.3 is 0 Å². The molecule has 1 saturated heterocycles. The Balaban J connectivity index is 1.70. The van der Waals surface area contributed by atoms with Crippen molar-refractivity contribution in [1.82, 2.24) is 14.8 Å². The van der Waals surface area contributed by atoms with Gasteiger partial charge in [-0.1, -0.05) is 18.2 Å². The van der Waals surface area contributed by atoms with Crippen LogP contribution in [0.2, 0.25) is 0 Å². The van der Waals surface area contributed by atoms with E-state index in [1.807, 2.05) is 11.6 Å². The fourth-order valence-electron chi connectivity index (χ4n) is 2.42. The molecule has 0 unspecified atom stereocenters. The minimum atomic E-state index is 0.667. The molecular formula is C13H17N5S. The number of nitrogens with zero attached hydrogens (tertiary/aromatic N) is 4. The first-order valence-corrected chi connectivity index (χ1v) is 6.83. The number of para-hydroxylation sites is 1. The summed E-state index contributed by atoms with van der Waals surface area (Å²) in [5.74, 6) is 0.928. The molecule has 0 bridgehead atoms. The normalized spacial score (nSPS) is 15.8. The molecule has 3 rings (SSSR count). The van der Waals surface area contributed by atoms with Crippen LogP contribution < -0.4 is 9.80 Å². The predicted octanol–water partition coefficient (Wildman–Crippen LogP) is 1.80. The van der Waals surface area contributed by atoms with Crippen molar-refractivity contribution in [3.63, 3.8) is 0 Å². The van der Waals surface area contributed by atoms with Crippen LogP contribution in [0, 0.1) is 4.77 Å². The molecule has 0 amide bonds. The SMILES string of the molecule is Cn1c(N2CCN(c3ccccc3)CC2)n[nH]c1=S. The molecule has 19 heavy (non-hydrogen) atoms. The summed E-state index contributed by atoms with van der Waals surface area (Å²) in [6.07, 6.45) is 0. The van der Waals surface area contributed by atoms with Crippen LogP contribution in [0.3, 0.4) is 0 Å². The lowest BCUT2D eigenvalue weighted by Crippen LogP contribution is -2.47. The van der Waals surface area contributed by atoms with Gasteiger partial charge in [-0.25, -0.2) is 5.10 Å². The number of aromatic nitrogens is 3. The Morgan fingerprint density at radius 3 is 2.26 bits per heavy atom. The Morgan fingerprint density at radius 2 is 1.68 bits per heavy atom. The van der Waals surface area contributed by atoms with Crippen molar-refractivity contribution in [3.05, 3.63) is 35.1 Å². The Labute approximate surface area is 117 Å². The maximum Gasteiger partial charge on any atom is 0.225 e. The van der Waals surface area contributed by atoms with E-state index >= 15 is 0 Å². The van der Waals surface area contributed by atoms with Gasteiger partial charge in [0.05, 0.1) is 0 Å². The quantitative estimate of drug-likeness (QED) is 0.849.